The molecule has 0 aromatic carbocycles. The number of allylic oxidation sites excluding steroid dienone is 4. The minimum Gasteiger partial charge on any atom is -0.303 e. The summed E-state index contributed by atoms with van der Waals surface area (Å²) in [5.74, 6) is -0.173. The van der Waals surface area contributed by atoms with Gasteiger partial charge in [-0.05, 0) is 18.6 Å². The maximum absolute atomic E-state index is 11.1. The molecule has 0 saturated heterocycles. The molecule has 0 aliphatic heterocycles. The van der Waals surface area contributed by atoms with Crippen molar-refractivity contribution in [3.05, 3.63) is 23.8 Å². The predicted molar refractivity (Wildman–Crippen MR) is 42.1 cm³/mol. The highest BCUT2D eigenvalue weighted by Gasteiger charge is 2.14. The monoisotopic (exact) mass is 150 g/mol. The smallest absolute Gasteiger partial charge is 0.163 e. The average molecular weight is 150 g/mol. The molecule has 2 nitrogen and oxygen atoms in total. The van der Waals surface area contributed by atoms with Gasteiger partial charge in [-0.25, -0.2) is 0 Å². The largest absolute Gasteiger partial charge is 0.303 e. The minimum atomic E-state index is -0.212. The Morgan fingerprint density at radius 1 is 1.64 bits per heavy atom. The highest BCUT2D eigenvalue weighted by atomic mass is 16.1. The molecule has 0 spiro atoms. The molecule has 1 unspecified atom stereocenters. The second kappa shape index (κ2) is 3.28. The summed E-state index contributed by atoms with van der Waals surface area (Å²) >= 11 is 0. The Morgan fingerprint density at radius 2 is 2.36 bits per heavy atom. The third-order valence-corrected chi connectivity index (χ3v) is 1.68. The third kappa shape index (κ3) is 1.87. The standard InChI is InChI=1S/C9H10O2/c1-7-2-3-8(4-5-10)9(11)6-7/h2-3,5-6,8H,4H2,1H3. The third-order valence-electron chi connectivity index (χ3n) is 1.68. The van der Waals surface area contributed by atoms with E-state index in [0.29, 0.717) is 6.42 Å². The molecular formula is C9H10O2. The molecule has 0 fully saturated rings. The first kappa shape index (κ1) is 7.92. The number of ketones is 1. The van der Waals surface area contributed by atoms with Gasteiger partial charge in [0.15, 0.2) is 5.78 Å². The van der Waals surface area contributed by atoms with E-state index in [0.717, 1.165) is 11.9 Å². The van der Waals surface area contributed by atoms with E-state index in [9.17, 15) is 9.59 Å². The van der Waals surface area contributed by atoms with E-state index in [1.165, 1.54) is 0 Å². The molecule has 1 aliphatic carbocycles. The van der Waals surface area contributed by atoms with Gasteiger partial charge < -0.3 is 4.79 Å². The molecule has 0 saturated carbocycles. The van der Waals surface area contributed by atoms with Crippen LogP contribution in [0.15, 0.2) is 23.8 Å². The van der Waals surface area contributed by atoms with Gasteiger partial charge in [0.1, 0.15) is 6.29 Å². The van der Waals surface area contributed by atoms with Crippen LogP contribution in [0.5, 0.6) is 0 Å². The highest BCUT2D eigenvalue weighted by molar-refractivity contribution is 5.96. The van der Waals surface area contributed by atoms with Gasteiger partial charge in [-0.15, -0.1) is 0 Å². The molecule has 0 bridgehead atoms. The Labute approximate surface area is 65.6 Å². The van der Waals surface area contributed by atoms with Crippen LogP contribution >= 0.6 is 0 Å². The van der Waals surface area contributed by atoms with E-state index in [1.807, 2.05) is 13.0 Å². The van der Waals surface area contributed by atoms with Crippen LogP contribution in [-0.4, -0.2) is 12.1 Å². The van der Waals surface area contributed by atoms with E-state index < -0.39 is 0 Å². The number of hydrogen-bond acceptors (Lipinski definition) is 2. The predicted octanol–water partition coefficient (Wildman–Crippen LogP) is 1.28. The Morgan fingerprint density at radius 3 is 2.91 bits per heavy atom. The first-order valence-corrected chi connectivity index (χ1v) is 3.58. The summed E-state index contributed by atoms with van der Waals surface area (Å²) in [6.45, 7) is 1.87. The fourth-order valence-corrected chi connectivity index (χ4v) is 1.04. The topological polar surface area (TPSA) is 34.1 Å². The van der Waals surface area contributed by atoms with Crippen LogP contribution in [0.2, 0.25) is 0 Å². The summed E-state index contributed by atoms with van der Waals surface area (Å²) in [5, 5.41) is 0. The lowest BCUT2D eigenvalue weighted by Gasteiger charge is -2.09. The van der Waals surface area contributed by atoms with Crippen molar-refractivity contribution in [2.24, 2.45) is 5.92 Å². The van der Waals surface area contributed by atoms with Crippen molar-refractivity contribution in [1.29, 1.82) is 0 Å². The number of carbonyl (C=O) groups excluding carboxylic acids is 2. The molecule has 0 heterocycles. The summed E-state index contributed by atoms with van der Waals surface area (Å²) < 4.78 is 0. The molecule has 2 heteroatoms. The Balaban J connectivity index is 2.69. The number of rotatable bonds is 2. The van der Waals surface area contributed by atoms with Crippen molar-refractivity contribution in [2.45, 2.75) is 13.3 Å². The van der Waals surface area contributed by atoms with E-state index in [2.05, 4.69) is 0 Å². The van der Waals surface area contributed by atoms with Crippen molar-refractivity contribution < 1.29 is 9.59 Å². The molecule has 0 amide bonds. The van der Waals surface area contributed by atoms with Crippen molar-refractivity contribution in [2.75, 3.05) is 0 Å². The first-order valence-electron chi connectivity index (χ1n) is 3.58. The Bertz CT molecular complexity index is 236. The van der Waals surface area contributed by atoms with Gasteiger partial charge in [0.05, 0.1) is 0 Å². The Kier molecular flexibility index (Phi) is 2.36. The molecule has 0 aromatic rings. The van der Waals surface area contributed by atoms with Crippen LogP contribution in [0.4, 0.5) is 0 Å². The molecule has 0 radical (unpaired) electrons. The van der Waals surface area contributed by atoms with Crippen LogP contribution in [-0.2, 0) is 9.59 Å². The van der Waals surface area contributed by atoms with Gasteiger partial charge in [0.2, 0.25) is 0 Å². The highest BCUT2D eigenvalue weighted by Crippen LogP contribution is 2.14. The summed E-state index contributed by atoms with van der Waals surface area (Å²) in [6, 6.07) is 0. The van der Waals surface area contributed by atoms with Crippen molar-refractivity contribution in [1.82, 2.24) is 0 Å². The minimum absolute atomic E-state index is 0.0390. The normalized spacial score (nSPS) is 23.2. The fraction of sp³-hybridized carbons (Fsp3) is 0.333. The second-order valence-electron chi connectivity index (χ2n) is 2.66. The van der Waals surface area contributed by atoms with Crippen LogP contribution < -0.4 is 0 Å². The lowest BCUT2D eigenvalue weighted by molar-refractivity contribution is -0.119. The van der Waals surface area contributed by atoms with Gasteiger partial charge >= 0.3 is 0 Å². The lowest BCUT2D eigenvalue weighted by atomic mass is 9.94. The van der Waals surface area contributed by atoms with Gasteiger partial charge in [0.25, 0.3) is 0 Å². The lowest BCUT2D eigenvalue weighted by Crippen LogP contribution is -2.12. The zero-order valence-corrected chi connectivity index (χ0v) is 6.41. The molecule has 0 aromatic heterocycles. The second-order valence-corrected chi connectivity index (χ2v) is 2.66. The van der Waals surface area contributed by atoms with Crippen LogP contribution in [0.3, 0.4) is 0 Å². The maximum Gasteiger partial charge on any atom is 0.163 e. The molecule has 11 heavy (non-hydrogen) atoms. The van der Waals surface area contributed by atoms with Gasteiger partial charge in [-0.2, -0.15) is 0 Å². The van der Waals surface area contributed by atoms with E-state index in [4.69, 9.17) is 0 Å². The summed E-state index contributed by atoms with van der Waals surface area (Å²) in [5.41, 5.74) is 0.956. The van der Waals surface area contributed by atoms with Gasteiger partial charge in [-0.3, -0.25) is 4.79 Å². The summed E-state index contributed by atoms with van der Waals surface area (Å²) in [6.07, 6.45) is 6.32. The number of hydrogen-bond donors (Lipinski definition) is 0. The molecule has 0 N–H and O–H groups in total. The summed E-state index contributed by atoms with van der Waals surface area (Å²) in [4.78, 5) is 21.2. The van der Waals surface area contributed by atoms with Crippen molar-refractivity contribution in [3.63, 3.8) is 0 Å². The Hall–Kier alpha value is -1.18. The molecular weight excluding hydrogens is 140 g/mol. The molecule has 1 rings (SSSR count). The fourth-order valence-electron chi connectivity index (χ4n) is 1.04. The summed E-state index contributed by atoms with van der Waals surface area (Å²) in [7, 11) is 0. The van der Waals surface area contributed by atoms with Crippen LogP contribution in [0, 0.1) is 5.92 Å². The SMILES string of the molecule is CC1=CC(=O)C(CC=O)C=C1. The molecule has 58 valence electrons. The van der Waals surface area contributed by atoms with E-state index in [1.54, 1.807) is 12.2 Å². The average Bonchev–Trinajstić information content (AvgIpc) is 1.95. The van der Waals surface area contributed by atoms with E-state index >= 15 is 0 Å². The first-order chi connectivity index (χ1) is 5.24. The van der Waals surface area contributed by atoms with E-state index in [-0.39, 0.29) is 11.7 Å². The molecule has 1 atom stereocenters. The van der Waals surface area contributed by atoms with Gasteiger partial charge in [0, 0.05) is 12.3 Å². The van der Waals surface area contributed by atoms with Crippen LogP contribution in [0.1, 0.15) is 13.3 Å². The number of carbonyl (C=O) groups is 2. The van der Waals surface area contributed by atoms with Gasteiger partial charge in [-0.1, -0.05) is 12.2 Å². The molecule has 1 aliphatic rings. The quantitative estimate of drug-likeness (QED) is 0.555. The zero-order valence-electron chi connectivity index (χ0n) is 6.41. The maximum atomic E-state index is 11.1. The van der Waals surface area contributed by atoms with Crippen molar-refractivity contribution in [3.8, 4) is 0 Å². The number of aldehydes is 1. The zero-order chi connectivity index (χ0) is 8.27. The van der Waals surface area contributed by atoms with Crippen molar-refractivity contribution >= 4 is 12.1 Å². The van der Waals surface area contributed by atoms with Crippen LogP contribution in [0.25, 0.3) is 0 Å².